The van der Waals surface area contributed by atoms with Gasteiger partial charge in [-0.1, -0.05) is 35.9 Å². The number of anilines is 2. The molecule has 2 heterocycles. The van der Waals surface area contributed by atoms with Crippen LogP contribution in [0.4, 0.5) is 11.5 Å². The summed E-state index contributed by atoms with van der Waals surface area (Å²) < 4.78 is 1.66. The van der Waals surface area contributed by atoms with Gasteiger partial charge in [0, 0.05) is 18.0 Å². The molecule has 2 N–H and O–H groups in total. The molecule has 0 spiro atoms. The summed E-state index contributed by atoms with van der Waals surface area (Å²) in [5.74, 6) is 0.466. The molecule has 4 aromatic rings. The standard InChI is InChI=1S/C24H20ClN5O/c25-18-14-27-30(15-18)19-10-7-17(8-11-19)24(31)29-22-6-3-13-26-23(22)28-21-12-9-16-4-1-2-5-20(16)21/h1-8,10-11,13-15,21H,9,12H2,(H,26,28)(H,29,31). The van der Waals surface area contributed by atoms with Crippen LogP contribution in [0.25, 0.3) is 5.69 Å². The van der Waals surface area contributed by atoms with Crippen LogP contribution >= 0.6 is 11.6 Å². The Morgan fingerprint density at radius 3 is 2.71 bits per heavy atom. The van der Waals surface area contributed by atoms with Crippen molar-refractivity contribution in [1.82, 2.24) is 14.8 Å². The molecule has 0 fully saturated rings. The second-order valence-corrected chi connectivity index (χ2v) is 7.87. The summed E-state index contributed by atoms with van der Waals surface area (Å²) in [5.41, 5.74) is 4.68. The maximum atomic E-state index is 12.8. The van der Waals surface area contributed by atoms with E-state index in [-0.39, 0.29) is 11.9 Å². The minimum absolute atomic E-state index is 0.182. The van der Waals surface area contributed by atoms with Crippen LogP contribution in [0.1, 0.15) is 33.9 Å². The predicted octanol–water partition coefficient (Wildman–Crippen LogP) is 5.27. The number of carbonyl (C=O) groups is 1. The molecule has 2 aromatic heterocycles. The van der Waals surface area contributed by atoms with E-state index in [1.54, 1.807) is 35.4 Å². The largest absolute Gasteiger partial charge is 0.362 e. The Labute approximate surface area is 184 Å². The lowest BCUT2D eigenvalue weighted by Gasteiger charge is -2.18. The average Bonchev–Trinajstić information content (AvgIpc) is 3.42. The predicted molar refractivity (Wildman–Crippen MR) is 122 cm³/mol. The topological polar surface area (TPSA) is 71.8 Å². The molecule has 154 valence electrons. The number of halogens is 1. The number of nitrogens with zero attached hydrogens (tertiary/aromatic N) is 3. The monoisotopic (exact) mass is 429 g/mol. The molecule has 1 amide bonds. The quantitative estimate of drug-likeness (QED) is 0.453. The van der Waals surface area contributed by atoms with E-state index in [2.05, 4.69) is 45.0 Å². The van der Waals surface area contributed by atoms with E-state index in [9.17, 15) is 4.79 Å². The number of fused-ring (bicyclic) bond motifs is 1. The lowest BCUT2D eigenvalue weighted by Crippen LogP contribution is -2.16. The van der Waals surface area contributed by atoms with Crippen molar-refractivity contribution in [2.75, 3.05) is 10.6 Å². The van der Waals surface area contributed by atoms with Crippen LogP contribution in [0, 0.1) is 0 Å². The highest BCUT2D eigenvalue weighted by Crippen LogP contribution is 2.34. The van der Waals surface area contributed by atoms with Gasteiger partial charge in [0.15, 0.2) is 0 Å². The minimum Gasteiger partial charge on any atom is -0.362 e. The van der Waals surface area contributed by atoms with Gasteiger partial charge in [0.05, 0.1) is 28.6 Å². The molecule has 0 bridgehead atoms. The molecule has 0 aliphatic heterocycles. The molecule has 0 saturated carbocycles. The fourth-order valence-corrected chi connectivity index (χ4v) is 4.03. The smallest absolute Gasteiger partial charge is 0.255 e. The second kappa shape index (κ2) is 8.24. The number of carbonyl (C=O) groups excluding carboxylic acids is 1. The SMILES string of the molecule is O=C(Nc1cccnc1NC1CCc2ccccc21)c1ccc(-n2cc(Cl)cn2)cc1. The number of nitrogens with one attached hydrogen (secondary N) is 2. The van der Waals surface area contributed by atoms with Crippen LogP contribution in [0.3, 0.4) is 0 Å². The van der Waals surface area contributed by atoms with Crippen molar-refractivity contribution < 1.29 is 4.79 Å². The molecule has 1 aliphatic carbocycles. The van der Waals surface area contributed by atoms with Gasteiger partial charge in [-0.2, -0.15) is 5.10 Å². The highest BCUT2D eigenvalue weighted by molar-refractivity contribution is 6.30. The number of benzene rings is 2. The first-order chi connectivity index (χ1) is 15.2. The highest BCUT2D eigenvalue weighted by atomic mass is 35.5. The molecule has 1 atom stereocenters. The van der Waals surface area contributed by atoms with Gasteiger partial charge in [0.1, 0.15) is 5.82 Å². The molecule has 0 radical (unpaired) electrons. The van der Waals surface area contributed by atoms with Gasteiger partial charge in [-0.3, -0.25) is 4.79 Å². The Balaban J connectivity index is 1.32. The van der Waals surface area contributed by atoms with Crippen molar-refractivity contribution in [3.8, 4) is 5.69 Å². The van der Waals surface area contributed by atoms with E-state index >= 15 is 0 Å². The van der Waals surface area contributed by atoms with E-state index in [0.717, 1.165) is 18.5 Å². The second-order valence-electron chi connectivity index (χ2n) is 7.44. The lowest BCUT2D eigenvalue weighted by molar-refractivity contribution is 0.102. The number of aryl methyl sites for hydroxylation is 1. The Hall–Kier alpha value is -3.64. The third kappa shape index (κ3) is 4.02. The number of aromatic nitrogens is 3. The Bertz CT molecular complexity index is 1230. The third-order valence-electron chi connectivity index (χ3n) is 5.44. The summed E-state index contributed by atoms with van der Waals surface area (Å²) in [7, 11) is 0. The summed E-state index contributed by atoms with van der Waals surface area (Å²) in [6.45, 7) is 0. The van der Waals surface area contributed by atoms with Crippen LogP contribution in [-0.2, 0) is 6.42 Å². The third-order valence-corrected chi connectivity index (χ3v) is 5.64. The van der Waals surface area contributed by atoms with Gasteiger partial charge in [0.2, 0.25) is 0 Å². The molecule has 0 saturated heterocycles. The summed E-state index contributed by atoms with van der Waals surface area (Å²) in [6.07, 6.45) is 7.05. The van der Waals surface area contributed by atoms with E-state index in [0.29, 0.717) is 22.1 Å². The number of pyridine rings is 1. The van der Waals surface area contributed by atoms with Crippen molar-refractivity contribution in [1.29, 1.82) is 0 Å². The zero-order valence-electron chi connectivity index (χ0n) is 16.6. The maximum absolute atomic E-state index is 12.8. The Kier molecular flexibility index (Phi) is 5.14. The molecule has 7 heteroatoms. The molecule has 1 unspecified atom stereocenters. The van der Waals surface area contributed by atoms with Crippen molar-refractivity contribution in [2.24, 2.45) is 0 Å². The zero-order valence-corrected chi connectivity index (χ0v) is 17.4. The first-order valence-corrected chi connectivity index (χ1v) is 10.5. The zero-order chi connectivity index (χ0) is 21.2. The van der Waals surface area contributed by atoms with E-state index in [4.69, 9.17) is 11.6 Å². The van der Waals surface area contributed by atoms with E-state index in [1.807, 2.05) is 24.3 Å². The first-order valence-electron chi connectivity index (χ1n) is 10.1. The van der Waals surface area contributed by atoms with Crippen molar-refractivity contribution in [2.45, 2.75) is 18.9 Å². The normalized spacial score (nSPS) is 14.8. The van der Waals surface area contributed by atoms with Gasteiger partial charge in [-0.05, 0) is 60.4 Å². The van der Waals surface area contributed by atoms with Gasteiger partial charge in [-0.15, -0.1) is 0 Å². The van der Waals surface area contributed by atoms with Crippen molar-refractivity contribution >= 4 is 29.0 Å². The number of hydrogen-bond donors (Lipinski definition) is 2. The molecule has 31 heavy (non-hydrogen) atoms. The Morgan fingerprint density at radius 2 is 1.90 bits per heavy atom. The summed E-state index contributed by atoms with van der Waals surface area (Å²) >= 11 is 5.93. The average molecular weight is 430 g/mol. The molecule has 5 rings (SSSR count). The number of rotatable bonds is 5. The van der Waals surface area contributed by atoms with Gasteiger partial charge < -0.3 is 10.6 Å². The minimum atomic E-state index is -0.201. The van der Waals surface area contributed by atoms with Gasteiger partial charge in [0.25, 0.3) is 5.91 Å². The van der Waals surface area contributed by atoms with Gasteiger partial charge >= 0.3 is 0 Å². The van der Waals surface area contributed by atoms with E-state index < -0.39 is 0 Å². The van der Waals surface area contributed by atoms with Crippen LogP contribution in [0.15, 0.2) is 79.3 Å². The molecule has 1 aliphatic rings. The van der Waals surface area contributed by atoms with Crippen LogP contribution in [-0.4, -0.2) is 20.7 Å². The summed E-state index contributed by atoms with van der Waals surface area (Å²) in [4.78, 5) is 17.3. The van der Waals surface area contributed by atoms with Crippen LogP contribution < -0.4 is 10.6 Å². The number of hydrogen-bond acceptors (Lipinski definition) is 4. The van der Waals surface area contributed by atoms with Crippen molar-refractivity contribution in [3.05, 3.63) is 101 Å². The lowest BCUT2D eigenvalue weighted by atomic mass is 10.1. The summed E-state index contributed by atoms with van der Waals surface area (Å²) in [5, 5.41) is 11.2. The fraction of sp³-hybridized carbons (Fsp3) is 0.125. The molecule has 2 aromatic carbocycles. The first kappa shape index (κ1) is 19.3. The number of amides is 1. The van der Waals surface area contributed by atoms with Crippen molar-refractivity contribution in [3.63, 3.8) is 0 Å². The highest BCUT2D eigenvalue weighted by Gasteiger charge is 2.23. The van der Waals surface area contributed by atoms with E-state index in [1.165, 1.54) is 11.1 Å². The van der Waals surface area contributed by atoms with Gasteiger partial charge in [-0.25, -0.2) is 9.67 Å². The molecular formula is C24H20ClN5O. The maximum Gasteiger partial charge on any atom is 0.255 e. The fourth-order valence-electron chi connectivity index (χ4n) is 3.90. The Morgan fingerprint density at radius 1 is 1.06 bits per heavy atom. The van der Waals surface area contributed by atoms with Crippen LogP contribution in [0.5, 0.6) is 0 Å². The molecule has 6 nitrogen and oxygen atoms in total. The molecular weight excluding hydrogens is 410 g/mol. The van der Waals surface area contributed by atoms with Crippen LogP contribution in [0.2, 0.25) is 5.02 Å². The summed E-state index contributed by atoms with van der Waals surface area (Å²) in [6, 6.07) is 19.5.